The average molecular weight is 336 g/mol. The largest absolute Gasteiger partial charge is 0.371 e. The highest BCUT2D eigenvalue weighted by Gasteiger charge is 2.37. The fraction of sp³-hybridized carbons (Fsp3) is 0.421. The van der Waals surface area contributed by atoms with Crippen LogP contribution in [0.2, 0.25) is 0 Å². The minimum absolute atomic E-state index is 0.496. The van der Waals surface area contributed by atoms with Crippen LogP contribution in [-0.4, -0.2) is 49.1 Å². The summed E-state index contributed by atoms with van der Waals surface area (Å²) in [7, 11) is 0. The summed E-state index contributed by atoms with van der Waals surface area (Å²) in [4.78, 5) is 14.0. The summed E-state index contributed by atoms with van der Waals surface area (Å²) >= 11 is 0. The van der Waals surface area contributed by atoms with Crippen LogP contribution in [-0.2, 0) is 0 Å². The van der Waals surface area contributed by atoms with Crippen LogP contribution < -0.4 is 10.2 Å². The van der Waals surface area contributed by atoms with Crippen molar-refractivity contribution in [2.75, 3.05) is 31.1 Å². The van der Waals surface area contributed by atoms with Gasteiger partial charge >= 0.3 is 0 Å². The number of hydrogen-bond donors (Lipinski definition) is 3. The number of pyridine rings is 1. The summed E-state index contributed by atoms with van der Waals surface area (Å²) in [5, 5.41) is 12.3. The molecule has 2 fully saturated rings. The van der Waals surface area contributed by atoms with Gasteiger partial charge < -0.3 is 20.6 Å². The van der Waals surface area contributed by atoms with Crippen LogP contribution in [0.5, 0.6) is 0 Å². The van der Waals surface area contributed by atoms with E-state index in [4.69, 9.17) is 5.41 Å². The summed E-state index contributed by atoms with van der Waals surface area (Å²) in [6.07, 6.45) is 10.5. The first-order valence-corrected chi connectivity index (χ1v) is 8.85. The lowest BCUT2D eigenvalue weighted by atomic mass is 9.77. The minimum atomic E-state index is 0.496. The van der Waals surface area contributed by atoms with Gasteiger partial charge in [0.15, 0.2) is 0 Å². The van der Waals surface area contributed by atoms with Gasteiger partial charge in [0.1, 0.15) is 5.65 Å². The summed E-state index contributed by atoms with van der Waals surface area (Å²) in [6.45, 7) is 7.96. The van der Waals surface area contributed by atoms with E-state index in [1.54, 1.807) is 6.20 Å². The van der Waals surface area contributed by atoms with Crippen molar-refractivity contribution in [3.05, 3.63) is 30.2 Å². The zero-order valence-corrected chi connectivity index (χ0v) is 14.4. The molecule has 0 amide bonds. The maximum atomic E-state index is 7.70. The molecule has 2 saturated heterocycles. The van der Waals surface area contributed by atoms with Crippen molar-refractivity contribution in [1.82, 2.24) is 15.3 Å². The van der Waals surface area contributed by atoms with Crippen LogP contribution in [0.1, 0.15) is 24.8 Å². The van der Waals surface area contributed by atoms with Gasteiger partial charge in [0.25, 0.3) is 0 Å². The van der Waals surface area contributed by atoms with E-state index in [1.807, 2.05) is 12.4 Å². The molecule has 0 aromatic carbocycles. The summed E-state index contributed by atoms with van der Waals surface area (Å²) < 4.78 is 0. The number of aromatic amines is 1. The van der Waals surface area contributed by atoms with Gasteiger partial charge in [-0.15, -0.1) is 0 Å². The molecular formula is C19H24N6. The number of aliphatic imine (C=N–C) groups is 1. The van der Waals surface area contributed by atoms with E-state index in [2.05, 4.69) is 38.0 Å². The third kappa shape index (κ3) is 2.76. The molecule has 3 N–H and O–H groups in total. The highest BCUT2D eigenvalue weighted by Crippen LogP contribution is 2.40. The molecule has 0 atom stereocenters. The number of nitrogens with zero attached hydrogens (tertiary/aromatic N) is 3. The van der Waals surface area contributed by atoms with Gasteiger partial charge in [0, 0.05) is 66.7 Å². The predicted octanol–water partition coefficient (Wildman–Crippen LogP) is 2.83. The van der Waals surface area contributed by atoms with Crippen molar-refractivity contribution in [2.45, 2.75) is 19.3 Å². The first-order valence-electron chi connectivity index (χ1n) is 8.85. The zero-order valence-electron chi connectivity index (χ0n) is 14.4. The second-order valence-corrected chi connectivity index (χ2v) is 7.08. The van der Waals surface area contributed by atoms with E-state index >= 15 is 0 Å². The van der Waals surface area contributed by atoms with E-state index in [0.29, 0.717) is 5.41 Å². The van der Waals surface area contributed by atoms with E-state index in [0.717, 1.165) is 48.3 Å². The van der Waals surface area contributed by atoms with Gasteiger partial charge in [-0.1, -0.05) is 0 Å². The molecule has 4 heterocycles. The van der Waals surface area contributed by atoms with Crippen LogP contribution in [0.3, 0.4) is 0 Å². The molecule has 2 aliphatic rings. The molecule has 4 rings (SSSR count). The van der Waals surface area contributed by atoms with Gasteiger partial charge in [-0.05, 0) is 44.0 Å². The smallest absolute Gasteiger partial charge is 0.139 e. The Hall–Kier alpha value is -2.47. The maximum Gasteiger partial charge on any atom is 0.139 e. The Labute approximate surface area is 147 Å². The van der Waals surface area contributed by atoms with Gasteiger partial charge in [0.05, 0.1) is 0 Å². The second-order valence-electron chi connectivity index (χ2n) is 7.08. The molecular weight excluding hydrogens is 312 g/mol. The van der Waals surface area contributed by atoms with Crippen LogP contribution >= 0.6 is 0 Å². The first kappa shape index (κ1) is 16.0. The van der Waals surface area contributed by atoms with Crippen LogP contribution in [0.15, 0.2) is 29.7 Å². The molecule has 130 valence electrons. The van der Waals surface area contributed by atoms with E-state index in [9.17, 15) is 0 Å². The van der Waals surface area contributed by atoms with Crippen LogP contribution in [0.4, 0.5) is 5.69 Å². The lowest BCUT2D eigenvalue weighted by Crippen LogP contribution is -2.41. The highest BCUT2D eigenvalue weighted by molar-refractivity contribution is 6.15. The van der Waals surface area contributed by atoms with E-state index < -0.39 is 0 Å². The lowest BCUT2D eigenvalue weighted by molar-refractivity contribution is 0.247. The Bertz CT molecular complexity index is 818. The monoisotopic (exact) mass is 336 g/mol. The van der Waals surface area contributed by atoms with E-state index in [-0.39, 0.29) is 0 Å². The quantitative estimate of drug-likeness (QED) is 0.751. The molecule has 0 bridgehead atoms. The van der Waals surface area contributed by atoms with Gasteiger partial charge in [-0.25, -0.2) is 4.98 Å². The Morgan fingerprint density at radius 3 is 2.88 bits per heavy atom. The Morgan fingerprint density at radius 1 is 1.36 bits per heavy atom. The van der Waals surface area contributed by atoms with Crippen molar-refractivity contribution in [3.63, 3.8) is 0 Å². The van der Waals surface area contributed by atoms with Crippen LogP contribution in [0, 0.1) is 10.8 Å². The molecule has 1 spiro atoms. The Kier molecular flexibility index (Phi) is 4.13. The van der Waals surface area contributed by atoms with Gasteiger partial charge in [-0.2, -0.15) is 0 Å². The zero-order chi connectivity index (χ0) is 17.3. The highest BCUT2D eigenvalue weighted by atomic mass is 15.1. The Morgan fingerprint density at radius 2 is 2.20 bits per heavy atom. The van der Waals surface area contributed by atoms with Crippen LogP contribution in [0.25, 0.3) is 16.6 Å². The molecule has 2 aromatic heterocycles. The normalized spacial score (nSPS) is 20.3. The fourth-order valence-electron chi connectivity index (χ4n) is 4.26. The maximum absolute atomic E-state index is 7.70. The summed E-state index contributed by atoms with van der Waals surface area (Å²) in [5.74, 6) is 0. The van der Waals surface area contributed by atoms with E-state index in [1.165, 1.54) is 31.2 Å². The number of aromatic nitrogens is 2. The number of anilines is 1. The predicted molar refractivity (Wildman–Crippen MR) is 104 cm³/mol. The number of piperidine rings is 1. The van der Waals surface area contributed by atoms with Gasteiger partial charge in [0.2, 0.25) is 0 Å². The number of allylic oxidation sites excluding steroid dienone is 1. The number of fused-ring (bicyclic) bond motifs is 1. The second kappa shape index (κ2) is 6.44. The molecule has 6 nitrogen and oxygen atoms in total. The Balaban J connectivity index is 1.70. The topological polar surface area (TPSA) is 80.2 Å². The number of hydrogen-bond acceptors (Lipinski definition) is 5. The molecule has 2 aromatic rings. The molecule has 2 aliphatic heterocycles. The molecule has 0 aliphatic carbocycles. The minimum Gasteiger partial charge on any atom is -0.371 e. The summed E-state index contributed by atoms with van der Waals surface area (Å²) in [5.41, 5.74) is 4.24. The molecule has 0 saturated carbocycles. The van der Waals surface area contributed by atoms with Crippen molar-refractivity contribution in [2.24, 2.45) is 10.4 Å². The third-order valence-corrected chi connectivity index (χ3v) is 5.75. The average Bonchev–Trinajstić information content (AvgIpc) is 3.28. The number of rotatable bonds is 4. The van der Waals surface area contributed by atoms with Crippen molar-refractivity contribution in [1.29, 1.82) is 5.41 Å². The number of nitrogens with one attached hydrogen (secondary N) is 3. The van der Waals surface area contributed by atoms with Crippen molar-refractivity contribution >= 4 is 35.2 Å². The molecule has 6 heteroatoms. The van der Waals surface area contributed by atoms with Crippen molar-refractivity contribution in [3.8, 4) is 0 Å². The summed E-state index contributed by atoms with van der Waals surface area (Å²) in [6, 6.07) is 2.09. The first-order chi connectivity index (χ1) is 12.3. The molecule has 0 unspecified atom stereocenters. The number of H-pyrrole nitrogens is 1. The lowest BCUT2D eigenvalue weighted by Gasteiger charge is -2.40. The van der Waals surface area contributed by atoms with Gasteiger partial charge in [-0.3, -0.25) is 4.99 Å². The van der Waals surface area contributed by atoms with Crippen molar-refractivity contribution < 1.29 is 0 Å². The standard InChI is InChI=1S/C19H24N6/c1-21-11-14(10-20)15-12-24-18-17(15)16(2-6-23-18)25-8-4-19(5-9-25)3-7-22-13-19/h2,6,10-12,20,22H,1,3-5,7-9,13H2,(H,23,24)/b14-11+,20-10?. The SMILES string of the molecule is C=N/C=C(\C=N)c1c[nH]c2nccc(N3CCC4(CCNC4)CC3)c12. The fourth-order valence-corrected chi connectivity index (χ4v) is 4.26. The molecule has 0 radical (unpaired) electrons. The molecule has 25 heavy (non-hydrogen) atoms. The third-order valence-electron chi connectivity index (χ3n) is 5.75.